The van der Waals surface area contributed by atoms with Crippen LogP contribution in [0.1, 0.15) is 36.2 Å². The molecule has 2 aromatic carbocycles. The number of esters is 1. The van der Waals surface area contributed by atoms with E-state index in [1.54, 1.807) is 12.1 Å². The van der Waals surface area contributed by atoms with Gasteiger partial charge in [0, 0.05) is 6.08 Å². The molecule has 3 rings (SSSR count). The minimum absolute atomic E-state index is 0.0992. The number of ether oxygens (including phenoxy) is 1. The van der Waals surface area contributed by atoms with E-state index in [4.69, 9.17) is 4.74 Å². The van der Waals surface area contributed by atoms with Crippen LogP contribution >= 0.6 is 0 Å². The summed E-state index contributed by atoms with van der Waals surface area (Å²) in [6, 6.07) is 19.2. The molecular formula is C21H22NO2+. The molecule has 2 aromatic rings. The molecule has 0 radical (unpaired) electrons. The number of nitrogens with one attached hydrogen (secondary N) is 1. The average molecular weight is 320 g/mol. The summed E-state index contributed by atoms with van der Waals surface area (Å²) < 4.78 is 5.74. The van der Waals surface area contributed by atoms with Gasteiger partial charge >= 0.3 is 5.97 Å². The summed E-state index contributed by atoms with van der Waals surface area (Å²) in [4.78, 5) is 15.8. The van der Waals surface area contributed by atoms with E-state index in [1.807, 2.05) is 60.7 Å². The van der Waals surface area contributed by atoms with E-state index in [9.17, 15) is 4.79 Å². The Morgan fingerprint density at radius 1 is 1.04 bits per heavy atom. The molecule has 1 aliphatic rings. The minimum atomic E-state index is -0.286. The Bertz CT molecular complexity index is 761. The van der Waals surface area contributed by atoms with E-state index in [2.05, 4.69) is 18.8 Å². The standard InChI is InChI=1S/C21H21NO2/c1-21(2)15-19(24-20(23)17-11-7-4-8-12-17)18(22-21)14-13-16-9-5-3-6-10-16/h3-14,19H,15H2,1-2H3/p+1. The predicted octanol–water partition coefficient (Wildman–Crippen LogP) is 2.63. The number of rotatable bonds is 4. The van der Waals surface area contributed by atoms with Crippen molar-refractivity contribution in [2.75, 3.05) is 0 Å². The van der Waals surface area contributed by atoms with Gasteiger partial charge in [-0.15, -0.1) is 0 Å². The highest BCUT2D eigenvalue weighted by atomic mass is 16.5. The van der Waals surface area contributed by atoms with Gasteiger partial charge in [-0.05, 0) is 37.6 Å². The Labute approximate surface area is 142 Å². The van der Waals surface area contributed by atoms with Crippen molar-refractivity contribution in [3.05, 3.63) is 77.9 Å². The van der Waals surface area contributed by atoms with Gasteiger partial charge in [0.05, 0.1) is 12.0 Å². The highest BCUT2D eigenvalue weighted by molar-refractivity contribution is 6.00. The number of carbonyl (C=O) groups excluding carboxylic acids is 1. The average Bonchev–Trinajstić information content (AvgIpc) is 2.88. The van der Waals surface area contributed by atoms with Gasteiger partial charge in [-0.2, -0.15) is 0 Å². The first-order valence-electron chi connectivity index (χ1n) is 8.18. The molecule has 1 unspecified atom stereocenters. The van der Waals surface area contributed by atoms with Crippen molar-refractivity contribution in [2.45, 2.75) is 31.9 Å². The Kier molecular flexibility index (Phi) is 4.61. The lowest BCUT2D eigenvalue weighted by atomic mass is 10.0. The van der Waals surface area contributed by atoms with Gasteiger partial charge in [-0.3, -0.25) is 0 Å². The summed E-state index contributed by atoms with van der Waals surface area (Å²) in [5.41, 5.74) is 2.53. The number of hydrogen-bond acceptors (Lipinski definition) is 2. The van der Waals surface area contributed by atoms with E-state index in [0.29, 0.717) is 5.56 Å². The topological polar surface area (TPSA) is 40.3 Å². The summed E-state index contributed by atoms with van der Waals surface area (Å²) in [5, 5.41) is 0. The van der Waals surface area contributed by atoms with Gasteiger partial charge in [-0.25, -0.2) is 9.79 Å². The van der Waals surface area contributed by atoms with Gasteiger partial charge in [0.2, 0.25) is 5.71 Å². The van der Waals surface area contributed by atoms with Gasteiger partial charge < -0.3 is 4.74 Å². The third-order valence-corrected chi connectivity index (χ3v) is 4.04. The van der Waals surface area contributed by atoms with Crippen molar-refractivity contribution in [1.82, 2.24) is 0 Å². The lowest BCUT2D eigenvalue weighted by Gasteiger charge is -2.12. The van der Waals surface area contributed by atoms with Crippen molar-refractivity contribution < 1.29 is 14.5 Å². The van der Waals surface area contributed by atoms with Crippen molar-refractivity contribution in [3.8, 4) is 0 Å². The molecule has 0 amide bonds. The monoisotopic (exact) mass is 320 g/mol. The Morgan fingerprint density at radius 3 is 2.33 bits per heavy atom. The van der Waals surface area contributed by atoms with Crippen molar-refractivity contribution in [3.63, 3.8) is 0 Å². The van der Waals surface area contributed by atoms with Crippen LogP contribution in [0.2, 0.25) is 0 Å². The van der Waals surface area contributed by atoms with Gasteiger partial charge in [0.15, 0.2) is 11.6 Å². The largest absolute Gasteiger partial charge is 0.447 e. The summed E-state index contributed by atoms with van der Waals surface area (Å²) in [5.74, 6) is -0.286. The zero-order chi connectivity index (χ0) is 17.0. The van der Waals surface area contributed by atoms with Gasteiger partial charge in [0.1, 0.15) is 0 Å². The third-order valence-electron chi connectivity index (χ3n) is 4.04. The Balaban J connectivity index is 1.76. The first kappa shape index (κ1) is 16.2. The number of hydrogen-bond donors (Lipinski definition) is 1. The van der Waals surface area contributed by atoms with Crippen molar-refractivity contribution in [1.29, 1.82) is 0 Å². The van der Waals surface area contributed by atoms with Crippen molar-refractivity contribution in [2.24, 2.45) is 0 Å². The molecule has 0 saturated heterocycles. The van der Waals surface area contributed by atoms with Crippen LogP contribution in [0, 0.1) is 0 Å². The maximum atomic E-state index is 12.3. The molecule has 3 nitrogen and oxygen atoms in total. The molecule has 122 valence electrons. The third kappa shape index (κ3) is 3.99. The highest BCUT2D eigenvalue weighted by Crippen LogP contribution is 2.17. The molecule has 1 aliphatic heterocycles. The van der Waals surface area contributed by atoms with E-state index in [1.165, 1.54) is 0 Å². The Morgan fingerprint density at radius 2 is 1.67 bits per heavy atom. The molecule has 3 heteroatoms. The van der Waals surface area contributed by atoms with Gasteiger partial charge in [0.25, 0.3) is 0 Å². The van der Waals surface area contributed by atoms with Crippen LogP contribution in [-0.4, -0.2) is 23.3 Å². The summed E-state index contributed by atoms with van der Waals surface area (Å²) >= 11 is 0. The van der Waals surface area contributed by atoms with Crippen LogP contribution in [0.5, 0.6) is 0 Å². The molecule has 0 fully saturated rings. The fourth-order valence-electron chi connectivity index (χ4n) is 2.87. The molecule has 0 spiro atoms. The molecule has 1 heterocycles. The number of benzene rings is 2. The second kappa shape index (κ2) is 6.83. The smallest absolute Gasteiger partial charge is 0.338 e. The van der Waals surface area contributed by atoms with Crippen LogP contribution in [0.15, 0.2) is 66.7 Å². The summed E-state index contributed by atoms with van der Waals surface area (Å²) in [7, 11) is 0. The SMILES string of the molecule is CC1(C)CC(OC(=O)c2ccccc2)C(C=Cc2ccccc2)=[NH+]1. The first-order chi connectivity index (χ1) is 11.5. The molecule has 0 aliphatic carbocycles. The highest BCUT2D eigenvalue weighted by Gasteiger charge is 2.41. The second-order valence-corrected chi connectivity index (χ2v) is 6.67. The first-order valence-corrected chi connectivity index (χ1v) is 8.18. The zero-order valence-corrected chi connectivity index (χ0v) is 14.0. The maximum absolute atomic E-state index is 12.3. The molecule has 1 N–H and O–H groups in total. The van der Waals surface area contributed by atoms with E-state index < -0.39 is 0 Å². The fraction of sp³-hybridized carbons (Fsp3) is 0.238. The predicted molar refractivity (Wildman–Crippen MR) is 95.8 cm³/mol. The summed E-state index contributed by atoms with van der Waals surface area (Å²) in [6.45, 7) is 4.22. The Hall–Kier alpha value is -2.68. The number of carbonyl (C=O) groups is 1. The van der Waals surface area contributed by atoms with Crippen LogP contribution in [0.25, 0.3) is 6.08 Å². The molecule has 0 bridgehead atoms. The second-order valence-electron chi connectivity index (χ2n) is 6.67. The van der Waals surface area contributed by atoms with E-state index in [0.717, 1.165) is 17.7 Å². The van der Waals surface area contributed by atoms with Crippen LogP contribution in [0.4, 0.5) is 0 Å². The van der Waals surface area contributed by atoms with Crippen LogP contribution in [-0.2, 0) is 4.74 Å². The maximum Gasteiger partial charge on any atom is 0.338 e. The minimum Gasteiger partial charge on any atom is -0.447 e. The molecule has 0 aromatic heterocycles. The lowest BCUT2D eigenvalue weighted by molar-refractivity contribution is -0.533. The van der Waals surface area contributed by atoms with Gasteiger partial charge in [-0.1, -0.05) is 48.5 Å². The van der Waals surface area contributed by atoms with Crippen molar-refractivity contribution >= 4 is 17.8 Å². The quantitative estimate of drug-likeness (QED) is 0.880. The molecular weight excluding hydrogens is 298 g/mol. The normalized spacial score (nSPS) is 19.2. The lowest BCUT2D eigenvalue weighted by Crippen LogP contribution is -2.81. The van der Waals surface area contributed by atoms with Crippen LogP contribution < -0.4 is 4.99 Å². The van der Waals surface area contributed by atoms with E-state index >= 15 is 0 Å². The van der Waals surface area contributed by atoms with Crippen LogP contribution in [0.3, 0.4) is 0 Å². The molecule has 24 heavy (non-hydrogen) atoms. The molecule has 0 saturated carbocycles. The fourth-order valence-corrected chi connectivity index (χ4v) is 2.87. The zero-order valence-electron chi connectivity index (χ0n) is 14.0. The summed E-state index contributed by atoms with van der Waals surface area (Å²) in [6.07, 6.45) is 4.54. The molecule has 1 atom stereocenters. The van der Waals surface area contributed by atoms with E-state index in [-0.39, 0.29) is 17.6 Å².